The number of aryl methyl sites for hydroxylation is 1. The molecule has 1 aliphatic heterocycles. The van der Waals surface area contributed by atoms with Gasteiger partial charge in [-0.2, -0.15) is 0 Å². The highest BCUT2D eigenvalue weighted by atomic mass is 32.1. The van der Waals surface area contributed by atoms with E-state index in [1.54, 1.807) is 11.3 Å². The first-order chi connectivity index (χ1) is 11.7. The minimum absolute atomic E-state index is 0.0329. The molecular weight excluding hydrogens is 320 g/mol. The molecule has 6 heteroatoms. The van der Waals surface area contributed by atoms with Crippen LogP contribution in [0.15, 0.2) is 29.8 Å². The summed E-state index contributed by atoms with van der Waals surface area (Å²) in [6.45, 7) is 3.71. The Bertz CT molecular complexity index is 713. The number of anilines is 2. The molecule has 3 heterocycles. The molecule has 0 unspecified atom stereocenters. The van der Waals surface area contributed by atoms with Crippen LogP contribution in [0, 0.1) is 12.8 Å². The van der Waals surface area contributed by atoms with Crippen LogP contribution in [0.3, 0.4) is 0 Å². The second-order valence-corrected chi connectivity index (χ2v) is 7.52. The Morgan fingerprint density at radius 3 is 2.88 bits per heavy atom. The van der Waals surface area contributed by atoms with Gasteiger partial charge in [0.05, 0.1) is 11.6 Å². The molecule has 2 aromatic rings. The molecule has 1 aliphatic carbocycles. The molecular formula is C18H22N4OS. The molecule has 2 fully saturated rings. The SMILES string of the molecule is Cc1csc(N(C(=O)[C@@H]2CCCN(c3ccccn3)C2)C2CC2)n1. The molecule has 0 spiro atoms. The van der Waals surface area contributed by atoms with Gasteiger partial charge in [0.15, 0.2) is 5.13 Å². The van der Waals surface area contributed by atoms with E-state index in [9.17, 15) is 4.79 Å². The number of hydrogen-bond acceptors (Lipinski definition) is 5. The molecule has 0 N–H and O–H groups in total. The molecule has 0 aromatic carbocycles. The second kappa shape index (κ2) is 6.51. The summed E-state index contributed by atoms with van der Waals surface area (Å²) in [4.78, 5) is 26.4. The fourth-order valence-corrected chi connectivity index (χ4v) is 4.22. The van der Waals surface area contributed by atoms with Crippen LogP contribution < -0.4 is 9.80 Å². The van der Waals surface area contributed by atoms with Gasteiger partial charge in [0, 0.05) is 30.7 Å². The van der Waals surface area contributed by atoms with E-state index < -0.39 is 0 Å². The van der Waals surface area contributed by atoms with Gasteiger partial charge in [-0.1, -0.05) is 6.07 Å². The zero-order valence-corrected chi connectivity index (χ0v) is 14.7. The summed E-state index contributed by atoms with van der Waals surface area (Å²) in [6, 6.07) is 6.31. The molecule has 24 heavy (non-hydrogen) atoms. The Balaban J connectivity index is 1.52. The van der Waals surface area contributed by atoms with Gasteiger partial charge in [0.25, 0.3) is 0 Å². The number of thiazole rings is 1. The summed E-state index contributed by atoms with van der Waals surface area (Å²) in [5.41, 5.74) is 0.993. The van der Waals surface area contributed by atoms with E-state index in [0.717, 1.165) is 55.4 Å². The van der Waals surface area contributed by atoms with Gasteiger partial charge in [-0.25, -0.2) is 9.97 Å². The van der Waals surface area contributed by atoms with Crippen molar-refractivity contribution >= 4 is 28.2 Å². The number of carbonyl (C=O) groups is 1. The monoisotopic (exact) mass is 342 g/mol. The maximum absolute atomic E-state index is 13.2. The lowest BCUT2D eigenvalue weighted by atomic mass is 9.96. The number of rotatable bonds is 4. The lowest BCUT2D eigenvalue weighted by Gasteiger charge is -2.35. The van der Waals surface area contributed by atoms with Crippen LogP contribution in [0.4, 0.5) is 10.9 Å². The Labute approximate surface area is 146 Å². The highest BCUT2D eigenvalue weighted by Crippen LogP contribution is 2.36. The number of hydrogen-bond donors (Lipinski definition) is 0. The Hall–Kier alpha value is -1.95. The average molecular weight is 342 g/mol. The number of aromatic nitrogens is 2. The maximum atomic E-state index is 13.2. The van der Waals surface area contributed by atoms with E-state index in [-0.39, 0.29) is 11.8 Å². The molecule has 5 nitrogen and oxygen atoms in total. The van der Waals surface area contributed by atoms with Crippen molar-refractivity contribution in [2.24, 2.45) is 5.92 Å². The number of carbonyl (C=O) groups excluding carboxylic acids is 1. The van der Waals surface area contributed by atoms with Crippen molar-refractivity contribution in [3.05, 3.63) is 35.5 Å². The Morgan fingerprint density at radius 2 is 2.21 bits per heavy atom. The van der Waals surface area contributed by atoms with Crippen LogP contribution in [0.2, 0.25) is 0 Å². The van der Waals surface area contributed by atoms with Gasteiger partial charge in [-0.3, -0.25) is 9.69 Å². The summed E-state index contributed by atoms with van der Waals surface area (Å²) in [5.74, 6) is 1.25. The first-order valence-corrected chi connectivity index (χ1v) is 9.51. The average Bonchev–Trinajstić information content (AvgIpc) is 3.37. The van der Waals surface area contributed by atoms with Crippen molar-refractivity contribution in [1.82, 2.24) is 9.97 Å². The lowest BCUT2D eigenvalue weighted by Crippen LogP contribution is -2.46. The minimum Gasteiger partial charge on any atom is -0.356 e. The Morgan fingerprint density at radius 1 is 1.33 bits per heavy atom. The molecule has 4 rings (SSSR count). The minimum atomic E-state index is 0.0329. The largest absolute Gasteiger partial charge is 0.356 e. The summed E-state index contributed by atoms with van der Waals surface area (Å²) in [6.07, 6.45) is 6.00. The van der Waals surface area contributed by atoms with Crippen LogP contribution in [0.1, 0.15) is 31.4 Å². The highest BCUT2D eigenvalue weighted by Gasteiger charge is 2.39. The number of pyridine rings is 1. The summed E-state index contributed by atoms with van der Waals surface area (Å²) in [5, 5.41) is 2.90. The van der Waals surface area contributed by atoms with E-state index >= 15 is 0 Å². The van der Waals surface area contributed by atoms with Crippen LogP contribution in [-0.2, 0) is 4.79 Å². The fraction of sp³-hybridized carbons (Fsp3) is 0.500. The summed E-state index contributed by atoms with van der Waals surface area (Å²) in [7, 11) is 0. The Kier molecular flexibility index (Phi) is 4.22. The van der Waals surface area contributed by atoms with Gasteiger partial charge >= 0.3 is 0 Å². The maximum Gasteiger partial charge on any atom is 0.233 e. The van der Waals surface area contributed by atoms with Crippen LogP contribution >= 0.6 is 11.3 Å². The smallest absolute Gasteiger partial charge is 0.233 e. The second-order valence-electron chi connectivity index (χ2n) is 6.68. The predicted octanol–water partition coefficient (Wildman–Crippen LogP) is 3.26. The molecule has 1 saturated carbocycles. The van der Waals surface area contributed by atoms with Crippen LogP contribution in [0.25, 0.3) is 0 Å². The lowest BCUT2D eigenvalue weighted by molar-refractivity contribution is -0.122. The first-order valence-electron chi connectivity index (χ1n) is 8.63. The molecule has 126 valence electrons. The molecule has 1 saturated heterocycles. The summed E-state index contributed by atoms with van der Waals surface area (Å²) < 4.78 is 0. The number of piperidine rings is 1. The van der Waals surface area contributed by atoms with Crippen molar-refractivity contribution in [1.29, 1.82) is 0 Å². The highest BCUT2D eigenvalue weighted by molar-refractivity contribution is 7.14. The standard InChI is InChI=1S/C18H22N4OS/c1-13-12-24-18(20-13)22(15-7-8-15)17(23)14-5-4-10-21(11-14)16-6-2-3-9-19-16/h2-3,6,9,12,14-15H,4-5,7-8,10-11H2,1H3/t14-/m1/s1. The van der Waals surface area contributed by atoms with Crippen LogP contribution in [0.5, 0.6) is 0 Å². The van der Waals surface area contributed by atoms with Gasteiger partial charge in [-0.05, 0) is 44.7 Å². The van der Waals surface area contributed by atoms with Gasteiger partial charge < -0.3 is 4.90 Å². The molecule has 2 aliphatic rings. The van der Waals surface area contributed by atoms with Gasteiger partial charge in [0.2, 0.25) is 5.91 Å². The van der Waals surface area contributed by atoms with E-state index in [4.69, 9.17) is 0 Å². The quantitative estimate of drug-likeness (QED) is 0.856. The predicted molar refractivity (Wildman–Crippen MR) is 96.5 cm³/mol. The van der Waals surface area contributed by atoms with Crippen molar-refractivity contribution in [3.8, 4) is 0 Å². The van der Waals surface area contributed by atoms with Crippen molar-refractivity contribution in [2.45, 2.75) is 38.6 Å². The third kappa shape index (κ3) is 3.15. The van der Waals surface area contributed by atoms with Gasteiger partial charge in [-0.15, -0.1) is 11.3 Å². The topological polar surface area (TPSA) is 49.3 Å². The third-order valence-corrected chi connectivity index (χ3v) is 5.66. The molecule has 2 aromatic heterocycles. The molecule has 0 bridgehead atoms. The number of nitrogens with zero attached hydrogens (tertiary/aromatic N) is 4. The fourth-order valence-electron chi connectivity index (χ4n) is 3.34. The third-order valence-electron chi connectivity index (χ3n) is 4.71. The van der Waals surface area contributed by atoms with Gasteiger partial charge in [0.1, 0.15) is 5.82 Å². The van der Waals surface area contributed by atoms with E-state index in [1.165, 1.54) is 0 Å². The zero-order valence-electron chi connectivity index (χ0n) is 13.9. The first kappa shape index (κ1) is 15.6. The van der Waals surface area contributed by atoms with Crippen molar-refractivity contribution in [3.63, 3.8) is 0 Å². The molecule has 0 radical (unpaired) electrons. The van der Waals surface area contributed by atoms with Crippen molar-refractivity contribution in [2.75, 3.05) is 22.9 Å². The van der Waals surface area contributed by atoms with E-state index in [1.807, 2.05) is 41.6 Å². The molecule has 1 amide bonds. The summed E-state index contributed by atoms with van der Waals surface area (Å²) >= 11 is 1.58. The van der Waals surface area contributed by atoms with E-state index in [0.29, 0.717) is 6.04 Å². The molecule has 1 atom stereocenters. The van der Waals surface area contributed by atoms with E-state index in [2.05, 4.69) is 14.9 Å². The van der Waals surface area contributed by atoms with Crippen LogP contribution in [-0.4, -0.2) is 35.0 Å². The zero-order chi connectivity index (χ0) is 16.5. The normalized spacial score (nSPS) is 20.9. The van der Waals surface area contributed by atoms with Crippen molar-refractivity contribution < 1.29 is 4.79 Å². The number of amides is 1.